The van der Waals surface area contributed by atoms with Crippen molar-refractivity contribution in [3.05, 3.63) is 11.3 Å². The molecule has 1 heterocycles. The molecular weight excluding hydrogens is 242 g/mol. The number of hydrogen-bond acceptors (Lipinski definition) is 3. The molecule has 5 heteroatoms. The van der Waals surface area contributed by atoms with Crippen molar-refractivity contribution in [1.82, 2.24) is 9.78 Å². The molecule has 5 nitrogen and oxygen atoms in total. The van der Waals surface area contributed by atoms with E-state index in [2.05, 4.69) is 17.3 Å². The number of nitrogens with zero attached hydrogens (tertiary/aromatic N) is 2. The molecule has 0 aliphatic heterocycles. The average molecular weight is 265 g/mol. The number of rotatable bonds is 5. The molecule has 1 fully saturated rings. The van der Waals surface area contributed by atoms with E-state index in [0.29, 0.717) is 12.5 Å². The molecule has 0 saturated heterocycles. The lowest BCUT2D eigenvalue weighted by atomic mass is 9.82. The summed E-state index contributed by atoms with van der Waals surface area (Å²) < 4.78 is 6.86. The van der Waals surface area contributed by atoms with E-state index in [-0.39, 0.29) is 6.09 Å². The van der Waals surface area contributed by atoms with Crippen LogP contribution in [0.4, 0.5) is 10.6 Å². The lowest BCUT2D eigenvalue weighted by Gasteiger charge is -2.23. The third-order valence-electron chi connectivity index (χ3n) is 3.76. The van der Waals surface area contributed by atoms with Crippen LogP contribution in [0.15, 0.2) is 0 Å². The van der Waals surface area contributed by atoms with Gasteiger partial charge in [0.05, 0.1) is 12.3 Å². The summed E-state index contributed by atoms with van der Waals surface area (Å²) in [5.74, 6) is 1.32. The summed E-state index contributed by atoms with van der Waals surface area (Å²) in [7, 11) is 1.86. The standard InChI is InChI=1S/C14H23N3O2/c1-4-5-9-19-14(18)15-13-10(2)12(16-17(13)3)11-7-6-8-11/h11H,4-9H2,1-3H3,(H,15,18). The molecule has 0 radical (unpaired) electrons. The zero-order chi connectivity index (χ0) is 13.8. The maximum Gasteiger partial charge on any atom is 0.412 e. The summed E-state index contributed by atoms with van der Waals surface area (Å²) in [4.78, 5) is 11.7. The SMILES string of the molecule is CCCCOC(=O)Nc1c(C)c(C2CCC2)nn1C. The number of carbonyl (C=O) groups is 1. The van der Waals surface area contributed by atoms with E-state index in [4.69, 9.17) is 4.74 Å². The molecule has 0 atom stereocenters. The summed E-state index contributed by atoms with van der Waals surface area (Å²) >= 11 is 0. The van der Waals surface area contributed by atoms with Crippen molar-refractivity contribution in [3.63, 3.8) is 0 Å². The van der Waals surface area contributed by atoms with Gasteiger partial charge in [0, 0.05) is 18.5 Å². The second-order valence-electron chi connectivity index (χ2n) is 5.22. The zero-order valence-corrected chi connectivity index (χ0v) is 12.0. The van der Waals surface area contributed by atoms with Crippen LogP contribution in [0.25, 0.3) is 0 Å². The minimum atomic E-state index is -0.389. The van der Waals surface area contributed by atoms with Gasteiger partial charge in [-0.2, -0.15) is 5.10 Å². The molecule has 1 amide bonds. The molecule has 1 saturated carbocycles. The number of nitrogens with one attached hydrogen (secondary N) is 1. The number of amides is 1. The van der Waals surface area contributed by atoms with Crippen LogP contribution in [0.5, 0.6) is 0 Å². The Hall–Kier alpha value is -1.52. The van der Waals surface area contributed by atoms with Gasteiger partial charge in [0.2, 0.25) is 0 Å². The van der Waals surface area contributed by atoms with E-state index < -0.39 is 0 Å². The first-order valence-electron chi connectivity index (χ1n) is 7.10. The van der Waals surface area contributed by atoms with Gasteiger partial charge in [0.1, 0.15) is 5.82 Å². The Bertz CT molecular complexity index is 450. The first kappa shape index (κ1) is 13.9. The molecule has 0 unspecified atom stereocenters. The molecule has 1 N–H and O–H groups in total. The number of aryl methyl sites for hydroxylation is 1. The minimum absolute atomic E-state index is 0.389. The number of anilines is 1. The fourth-order valence-corrected chi connectivity index (χ4v) is 2.34. The Kier molecular flexibility index (Phi) is 4.45. The number of unbranched alkanes of at least 4 members (excludes halogenated alkanes) is 1. The lowest BCUT2D eigenvalue weighted by molar-refractivity contribution is 0.159. The van der Waals surface area contributed by atoms with Gasteiger partial charge in [-0.15, -0.1) is 0 Å². The van der Waals surface area contributed by atoms with Gasteiger partial charge < -0.3 is 4.74 Å². The van der Waals surface area contributed by atoms with Gasteiger partial charge in [-0.3, -0.25) is 10.00 Å². The highest BCUT2D eigenvalue weighted by molar-refractivity contribution is 5.84. The van der Waals surface area contributed by atoms with E-state index >= 15 is 0 Å². The first-order valence-corrected chi connectivity index (χ1v) is 7.10. The smallest absolute Gasteiger partial charge is 0.412 e. The van der Waals surface area contributed by atoms with E-state index in [1.807, 2.05) is 14.0 Å². The lowest BCUT2D eigenvalue weighted by Crippen LogP contribution is -2.17. The highest BCUT2D eigenvalue weighted by Gasteiger charge is 2.26. The number of hydrogen-bond donors (Lipinski definition) is 1. The normalized spacial score (nSPS) is 15.1. The molecule has 106 valence electrons. The average Bonchev–Trinajstić information content (AvgIpc) is 2.56. The number of aromatic nitrogens is 2. The Morgan fingerprint density at radius 2 is 2.26 bits per heavy atom. The van der Waals surface area contributed by atoms with Gasteiger partial charge >= 0.3 is 6.09 Å². The minimum Gasteiger partial charge on any atom is -0.449 e. The third kappa shape index (κ3) is 3.08. The monoisotopic (exact) mass is 265 g/mol. The summed E-state index contributed by atoms with van der Waals surface area (Å²) in [6.45, 7) is 4.55. The van der Waals surface area contributed by atoms with Gasteiger partial charge in [-0.05, 0) is 26.2 Å². The van der Waals surface area contributed by atoms with Crippen molar-refractivity contribution >= 4 is 11.9 Å². The van der Waals surface area contributed by atoms with Crippen LogP contribution in [-0.2, 0) is 11.8 Å². The van der Waals surface area contributed by atoms with E-state index in [1.165, 1.54) is 19.3 Å². The predicted molar refractivity (Wildman–Crippen MR) is 74.4 cm³/mol. The largest absolute Gasteiger partial charge is 0.449 e. The van der Waals surface area contributed by atoms with Crippen molar-refractivity contribution in [2.24, 2.45) is 7.05 Å². The summed E-state index contributed by atoms with van der Waals surface area (Å²) in [6.07, 6.45) is 5.22. The second kappa shape index (κ2) is 6.08. The van der Waals surface area contributed by atoms with Crippen LogP contribution in [0.3, 0.4) is 0 Å². The molecular formula is C14H23N3O2. The van der Waals surface area contributed by atoms with Crippen LogP contribution in [0.2, 0.25) is 0 Å². The Morgan fingerprint density at radius 1 is 1.53 bits per heavy atom. The fraction of sp³-hybridized carbons (Fsp3) is 0.714. The molecule has 1 aromatic heterocycles. The Morgan fingerprint density at radius 3 is 2.84 bits per heavy atom. The zero-order valence-electron chi connectivity index (χ0n) is 12.0. The summed E-state index contributed by atoms with van der Waals surface area (Å²) in [5, 5.41) is 7.33. The van der Waals surface area contributed by atoms with Gasteiger partial charge in [-0.25, -0.2) is 4.79 Å². The molecule has 2 rings (SSSR count). The molecule has 1 aliphatic rings. The second-order valence-corrected chi connectivity index (χ2v) is 5.22. The quantitative estimate of drug-likeness (QED) is 0.831. The van der Waals surface area contributed by atoms with E-state index in [9.17, 15) is 4.79 Å². The molecule has 0 spiro atoms. The van der Waals surface area contributed by atoms with Crippen LogP contribution in [0, 0.1) is 6.92 Å². The maximum atomic E-state index is 11.7. The number of ether oxygens (including phenoxy) is 1. The molecule has 19 heavy (non-hydrogen) atoms. The molecule has 1 aromatic rings. The van der Waals surface area contributed by atoms with E-state index in [1.54, 1.807) is 4.68 Å². The summed E-state index contributed by atoms with van der Waals surface area (Å²) in [5.41, 5.74) is 2.19. The number of carbonyl (C=O) groups excluding carboxylic acids is 1. The van der Waals surface area contributed by atoms with Crippen molar-refractivity contribution in [2.45, 2.75) is 51.9 Å². The highest BCUT2D eigenvalue weighted by atomic mass is 16.5. The van der Waals surface area contributed by atoms with Crippen LogP contribution < -0.4 is 5.32 Å². The van der Waals surface area contributed by atoms with Crippen molar-refractivity contribution in [1.29, 1.82) is 0 Å². The third-order valence-corrected chi connectivity index (χ3v) is 3.76. The van der Waals surface area contributed by atoms with E-state index in [0.717, 1.165) is 29.9 Å². The van der Waals surface area contributed by atoms with Gasteiger partial charge in [-0.1, -0.05) is 19.8 Å². The summed E-state index contributed by atoms with van der Waals surface area (Å²) in [6, 6.07) is 0. The maximum absolute atomic E-state index is 11.7. The van der Waals surface area contributed by atoms with Crippen molar-refractivity contribution in [3.8, 4) is 0 Å². The van der Waals surface area contributed by atoms with Crippen LogP contribution >= 0.6 is 0 Å². The molecule has 1 aliphatic carbocycles. The topological polar surface area (TPSA) is 56.1 Å². The van der Waals surface area contributed by atoms with Crippen LogP contribution in [0.1, 0.15) is 56.2 Å². The van der Waals surface area contributed by atoms with Gasteiger partial charge in [0.25, 0.3) is 0 Å². The predicted octanol–water partition coefficient (Wildman–Crippen LogP) is 3.34. The Labute approximate surface area is 114 Å². The Balaban J connectivity index is 1.99. The van der Waals surface area contributed by atoms with Crippen LogP contribution in [-0.4, -0.2) is 22.5 Å². The van der Waals surface area contributed by atoms with Crippen molar-refractivity contribution < 1.29 is 9.53 Å². The fourth-order valence-electron chi connectivity index (χ4n) is 2.34. The van der Waals surface area contributed by atoms with Gasteiger partial charge in [0.15, 0.2) is 0 Å². The molecule has 0 bridgehead atoms. The molecule has 0 aromatic carbocycles. The van der Waals surface area contributed by atoms with Crippen molar-refractivity contribution in [2.75, 3.05) is 11.9 Å². The first-order chi connectivity index (χ1) is 9.13. The highest BCUT2D eigenvalue weighted by Crippen LogP contribution is 2.38.